The number of nitrogens with one attached hydrogen (secondary N) is 2. The highest BCUT2D eigenvalue weighted by molar-refractivity contribution is 5.91. The Labute approximate surface area is 157 Å². The number of H-pyrrole nitrogens is 1. The number of pyridine rings is 1. The van der Waals surface area contributed by atoms with Crippen LogP contribution in [-0.2, 0) is 0 Å². The van der Waals surface area contributed by atoms with Crippen LogP contribution in [0.5, 0.6) is 5.75 Å². The number of nitriles is 1. The maximum atomic E-state index is 9.62. The predicted octanol–water partition coefficient (Wildman–Crippen LogP) is 5.16. The van der Waals surface area contributed by atoms with Crippen molar-refractivity contribution in [1.29, 1.82) is 5.26 Å². The molecule has 2 heterocycles. The van der Waals surface area contributed by atoms with Crippen molar-refractivity contribution in [2.24, 2.45) is 0 Å². The summed E-state index contributed by atoms with van der Waals surface area (Å²) in [7, 11) is 1.64. The molecule has 2 aromatic carbocycles. The van der Waals surface area contributed by atoms with Crippen molar-refractivity contribution in [3.05, 3.63) is 72.2 Å². The Bertz CT molecular complexity index is 1170. The summed E-state index contributed by atoms with van der Waals surface area (Å²) in [4.78, 5) is 7.47. The molecule has 0 radical (unpaired) electrons. The highest BCUT2D eigenvalue weighted by Crippen LogP contribution is 2.35. The third-order valence-electron chi connectivity index (χ3n) is 4.71. The zero-order chi connectivity index (χ0) is 18.8. The van der Waals surface area contributed by atoms with Crippen LogP contribution >= 0.6 is 0 Å². The van der Waals surface area contributed by atoms with E-state index in [1.165, 1.54) is 0 Å². The van der Waals surface area contributed by atoms with Crippen LogP contribution in [0.2, 0.25) is 0 Å². The maximum Gasteiger partial charge on any atom is 0.119 e. The number of aromatic amines is 1. The topological polar surface area (TPSA) is 73.7 Å². The number of benzene rings is 2. The zero-order valence-electron chi connectivity index (χ0n) is 15.1. The van der Waals surface area contributed by atoms with Gasteiger partial charge in [0.05, 0.1) is 18.4 Å². The van der Waals surface area contributed by atoms with Gasteiger partial charge in [-0.25, -0.2) is 0 Å². The number of nitrogens with zero attached hydrogens (tertiary/aromatic N) is 2. The van der Waals surface area contributed by atoms with Crippen LogP contribution in [0.25, 0.3) is 22.0 Å². The van der Waals surface area contributed by atoms with Gasteiger partial charge in [0.15, 0.2) is 0 Å². The summed E-state index contributed by atoms with van der Waals surface area (Å²) < 4.78 is 5.34. The van der Waals surface area contributed by atoms with Crippen molar-refractivity contribution in [1.82, 2.24) is 9.97 Å². The van der Waals surface area contributed by atoms with Gasteiger partial charge in [-0.15, -0.1) is 0 Å². The van der Waals surface area contributed by atoms with E-state index in [1.54, 1.807) is 19.5 Å². The van der Waals surface area contributed by atoms with E-state index >= 15 is 0 Å². The van der Waals surface area contributed by atoms with Crippen LogP contribution in [0.4, 0.5) is 11.4 Å². The number of methoxy groups -OCH3 is 1. The van der Waals surface area contributed by atoms with Crippen molar-refractivity contribution < 1.29 is 4.74 Å². The Balaban J connectivity index is 1.86. The number of aromatic nitrogens is 2. The maximum absolute atomic E-state index is 9.62. The first kappa shape index (κ1) is 16.7. The number of aryl methyl sites for hydroxylation is 1. The second-order valence-corrected chi connectivity index (χ2v) is 6.26. The summed E-state index contributed by atoms with van der Waals surface area (Å²) in [5.74, 6) is 0.755. The van der Waals surface area contributed by atoms with E-state index in [2.05, 4.69) is 34.3 Å². The average Bonchev–Trinajstić information content (AvgIpc) is 3.20. The predicted molar refractivity (Wildman–Crippen MR) is 107 cm³/mol. The molecule has 0 bridgehead atoms. The van der Waals surface area contributed by atoms with E-state index in [0.29, 0.717) is 5.56 Å². The smallest absolute Gasteiger partial charge is 0.119 e. The molecule has 2 N–H and O–H groups in total. The molecule has 0 amide bonds. The third-order valence-corrected chi connectivity index (χ3v) is 4.71. The summed E-state index contributed by atoms with van der Waals surface area (Å²) in [6.07, 6.45) is 5.27. The van der Waals surface area contributed by atoms with Crippen LogP contribution in [0.15, 0.2) is 61.1 Å². The number of hydrogen-bond acceptors (Lipinski definition) is 4. The highest BCUT2D eigenvalue weighted by atomic mass is 16.5. The lowest BCUT2D eigenvalue weighted by atomic mass is 10.0. The van der Waals surface area contributed by atoms with Crippen LogP contribution in [0.1, 0.15) is 11.1 Å². The highest BCUT2D eigenvalue weighted by Gasteiger charge is 2.14. The van der Waals surface area contributed by atoms with E-state index in [4.69, 9.17) is 4.74 Å². The lowest BCUT2D eigenvalue weighted by Crippen LogP contribution is -2.00. The molecule has 2 aromatic heterocycles. The van der Waals surface area contributed by atoms with Gasteiger partial charge in [-0.05, 0) is 48.4 Å². The van der Waals surface area contributed by atoms with Crippen molar-refractivity contribution in [2.75, 3.05) is 12.4 Å². The van der Waals surface area contributed by atoms with Crippen LogP contribution in [0.3, 0.4) is 0 Å². The number of anilines is 2. The standard InChI is InChI=1S/C22H18N4O/c1-14-18-8-9-25-21(18)7-6-20(14)26-22-16(11-23)12-24-13-19(22)15-4-3-5-17(10-15)27-2/h3-10,12-13,25H,1-2H3,(H,24,26). The number of hydrogen-bond donors (Lipinski definition) is 2. The van der Waals surface area contributed by atoms with Crippen molar-refractivity contribution in [3.8, 4) is 22.9 Å². The van der Waals surface area contributed by atoms with Gasteiger partial charge in [0.1, 0.15) is 11.8 Å². The zero-order valence-corrected chi connectivity index (χ0v) is 15.1. The minimum absolute atomic E-state index is 0.490. The minimum Gasteiger partial charge on any atom is -0.497 e. The largest absolute Gasteiger partial charge is 0.497 e. The van der Waals surface area contributed by atoms with E-state index in [1.807, 2.05) is 42.6 Å². The van der Waals surface area contributed by atoms with Crippen LogP contribution in [0, 0.1) is 18.3 Å². The second kappa shape index (κ2) is 6.85. The van der Waals surface area contributed by atoms with Gasteiger partial charge in [0, 0.05) is 40.7 Å². The second-order valence-electron chi connectivity index (χ2n) is 6.26. The summed E-state index contributed by atoms with van der Waals surface area (Å²) in [6.45, 7) is 2.07. The molecule has 4 aromatic rings. The summed E-state index contributed by atoms with van der Waals surface area (Å²) in [6, 6.07) is 16.1. The molecule has 0 fully saturated rings. The molecule has 0 unspecified atom stereocenters. The van der Waals surface area contributed by atoms with Crippen LogP contribution in [-0.4, -0.2) is 17.1 Å². The quantitative estimate of drug-likeness (QED) is 0.531. The van der Waals surface area contributed by atoms with Gasteiger partial charge in [-0.3, -0.25) is 4.98 Å². The minimum atomic E-state index is 0.490. The van der Waals surface area contributed by atoms with Gasteiger partial charge in [-0.1, -0.05) is 12.1 Å². The fourth-order valence-electron chi connectivity index (χ4n) is 3.24. The molecule has 0 saturated heterocycles. The fraction of sp³-hybridized carbons (Fsp3) is 0.0909. The van der Waals surface area contributed by atoms with Gasteiger partial charge < -0.3 is 15.0 Å². The van der Waals surface area contributed by atoms with Crippen LogP contribution < -0.4 is 10.1 Å². The van der Waals surface area contributed by atoms with Crippen molar-refractivity contribution >= 4 is 22.3 Å². The lowest BCUT2D eigenvalue weighted by Gasteiger charge is -2.16. The molecule has 0 saturated carbocycles. The Morgan fingerprint density at radius 3 is 2.85 bits per heavy atom. The Hall–Kier alpha value is -3.78. The molecule has 4 rings (SSSR count). The molecule has 0 aliphatic carbocycles. The summed E-state index contributed by atoms with van der Waals surface area (Å²) in [5, 5.41) is 14.2. The van der Waals surface area contributed by atoms with E-state index in [-0.39, 0.29) is 0 Å². The first-order chi connectivity index (χ1) is 13.2. The first-order valence-electron chi connectivity index (χ1n) is 8.57. The Morgan fingerprint density at radius 2 is 2.04 bits per heavy atom. The normalized spacial score (nSPS) is 10.6. The van der Waals surface area contributed by atoms with Crippen molar-refractivity contribution in [2.45, 2.75) is 6.92 Å². The average molecular weight is 354 g/mol. The van der Waals surface area contributed by atoms with Gasteiger partial charge in [0.2, 0.25) is 0 Å². The molecular formula is C22H18N4O. The summed E-state index contributed by atoms with van der Waals surface area (Å²) in [5.41, 5.74) is 6.16. The number of ether oxygens (including phenoxy) is 1. The monoisotopic (exact) mass is 354 g/mol. The van der Waals surface area contributed by atoms with Gasteiger partial charge in [-0.2, -0.15) is 5.26 Å². The SMILES string of the molecule is COc1cccc(-c2cncc(C#N)c2Nc2ccc3[nH]ccc3c2C)c1. The van der Waals surface area contributed by atoms with E-state index in [9.17, 15) is 5.26 Å². The third kappa shape index (κ3) is 2.98. The molecule has 0 aliphatic heterocycles. The Kier molecular flexibility index (Phi) is 4.23. The molecule has 5 nitrogen and oxygen atoms in total. The van der Waals surface area contributed by atoms with E-state index in [0.717, 1.165) is 44.7 Å². The lowest BCUT2D eigenvalue weighted by molar-refractivity contribution is 0.415. The Morgan fingerprint density at radius 1 is 1.15 bits per heavy atom. The summed E-state index contributed by atoms with van der Waals surface area (Å²) >= 11 is 0. The molecule has 5 heteroatoms. The fourth-order valence-corrected chi connectivity index (χ4v) is 3.24. The molecule has 132 valence electrons. The number of fused-ring (bicyclic) bond motifs is 1. The molecule has 0 spiro atoms. The molecular weight excluding hydrogens is 336 g/mol. The molecule has 27 heavy (non-hydrogen) atoms. The molecule has 0 atom stereocenters. The first-order valence-corrected chi connectivity index (χ1v) is 8.57. The molecule has 0 aliphatic rings. The van der Waals surface area contributed by atoms with Crippen molar-refractivity contribution in [3.63, 3.8) is 0 Å². The number of rotatable bonds is 4. The van der Waals surface area contributed by atoms with Gasteiger partial charge in [0.25, 0.3) is 0 Å². The van der Waals surface area contributed by atoms with Gasteiger partial charge >= 0.3 is 0 Å². The van der Waals surface area contributed by atoms with E-state index < -0.39 is 0 Å².